The molecule has 0 saturated carbocycles. The number of halogens is 1. The number of fused-ring (bicyclic) bond motifs is 1. The molecule has 0 radical (unpaired) electrons. The highest BCUT2D eigenvalue weighted by Crippen LogP contribution is 2.35. The molecular weight excluding hydrogens is 254 g/mol. The van der Waals surface area contributed by atoms with Gasteiger partial charge in [-0.1, -0.05) is 28.1 Å². The van der Waals surface area contributed by atoms with Crippen LogP contribution in [-0.4, -0.2) is 20.3 Å². The van der Waals surface area contributed by atoms with E-state index in [0.717, 1.165) is 13.2 Å². The molecule has 1 aliphatic carbocycles. The van der Waals surface area contributed by atoms with Gasteiger partial charge in [0, 0.05) is 24.2 Å². The molecule has 2 rings (SSSR count). The van der Waals surface area contributed by atoms with Crippen LogP contribution in [0.5, 0.6) is 0 Å². The summed E-state index contributed by atoms with van der Waals surface area (Å²) in [4.78, 5) is 0. The van der Waals surface area contributed by atoms with Crippen LogP contribution in [0.15, 0.2) is 22.7 Å². The maximum Gasteiger partial charge on any atom is 0.0587 e. The molecular formula is C12H16BrNO. The van der Waals surface area contributed by atoms with Gasteiger partial charge >= 0.3 is 0 Å². The number of methoxy groups -OCH3 is 1. The SMILES string of the molecule is COCCNC1CCc2c(Br)cccc21. The molecule has 82 valence electrons. The molecule has 1 aromatic carbocycles. The first-order chi connectivity index (χ1) is 7.33. The fourth-order valence-corrected chi connectivity index (χ4v) is 2.74. The van der Waals surface area contributed by atoms with Crippen molar-refractivity contribution in [2.75, 3.05) is 20.3 Å². The summed E-state index contributed by atoms with van der Waals surface area (Å²) in [7, 11) is 1.74. The quantitative estimate of drug-likeness (QED) is 0.849. The third-order valence-corrected chi connectivity index (χ3v) is 3.65. The van der Waals surface area contributed by atoms with Crippen LogP contribution in [0.3, 0.4) is 0 Å². The van der Waals surface area contributed by atoms with Crippen molar-refractivity contribution in [2.24, 2.45) is 0 Å². The lowest BCUT2D eigenvalue weighted by Crippen LogP contribution is -2.23. The van der Waals surface area contributed by atoms with E-state index in [0.29, 0.717) is 6.04 Å². The smallest absolute Gasteiger partial charge is 0.0587 e. The fourth-order valence-electron chi connectivity index (χ4n) is 2.16. The van der Waals surface area contributed by atoms with E-state index in [9.17, 15) is 0 Å². The minimum Gasteiger partial charge on any atom is -0.383 e. The minimum absolute atomic E-state index is 0.507. The lowest BCUT2D eigenvalue weighted by atomic mass is 10.1. The maximum absolute atomic E-state index is 5.04. The van der Waals surface area contributed by atoms with E-state index in [1.807, 2.05) is 0 Å². The lowest BCUT2D eigenvalue weighted by Gasteiger charge is -2.13. The third-order valence-electron chi connectivity index (χ3n) is 2.91. The molecule has 0 amide bonds. The Kier molecular flexibility index (Phi) is 3.78. The highest BCUT2D eigenvalue weighted by Gasteiger charge is 2.22. The Balaban J connectivity index is 2.05. The first-order valence-electron chi connectivity index (χ1n) is 5.32. The summed E-state index contributed by atoms with van der Waals surface area (Å²) in [5.41, 5.74) is 2.91. The summed E-state index contributed by atoms with van der Waals surface area (Å²) in [6.45, 7) is 1.70. The molecule has 1 aliphatic rings. The lowest BCUT2D eigenvalue weighted by molar-refractivity contribution is 0.195. The fraction of sp³-hybridized carbons (Fsp3) is 0.500. The molecule has 0 fully saturated rings. The van der Waals surface area contributed by atoms with Crippen LogP contribution < -0.4 is 5.32 Å². The van der Waals surface area contributed by atoms with E-state index in [2.05, 4.69) is 39.4 Å². The summed E-state index contributed by atoms with van der Waals surface area (Å²) < 4.78 is 6.29. The predicted molar refractivity (Wildman–Crippen MR) is 65.1 cm³/mol. The summed E-state index contributed by atoms with van der Waals surface area (Å²) in [5, 5.41) is 3.52. The molecule has 0 heterocycles. The van der Waals surface area contributed by atoms with Crippen molar-refractivity contribution < 1.29 is 4.74 Å². The Labute approximate surface area is 99.1 Å². The van der Waals surface area contributed by atoms with Crippen molar-refractivity contribution in [3.05, 3.63) is 33.8 Å². The Morgan fingerprint density at radius 1 is 1.53 bits per heavy atom. The molecule has 0 aromatic heterocycles. The average Bonchev–Trinajstić information content (AvgIpc) is 2.64. The predicted octanol–water partition coefficient (Wildman–Crippen LogP) is 2.67. The van der Waals surface area contributed by atoms with Gasteiger partial charge in [-0.05, 0) is 30.0 Å². The van der Waals surface area contributed by atoms with Gasteiger partial charge in [-0.2, -0.15) is 0 Å². The number of hydrogen-bond donors (Lipinski definition) is 1. The van der Waals surface area contributed by atoms with Crippen LogP contribution in [-0.2, 0) is 11.2 Å². The second-order valence-electron chi connectivity index (χ2n) is 3.85. The van der Waals surface area contributed by atoms with E-state index in [1.165, 1.54) is 28.4 Å². The standard InChI is InChI=1S/C12H16BrNO/c1-15-8-7-14-12-6-5-9-10(12)3-2-4-11(9)13/h2-4,12,14H,5-8H2,1H3. The van der Waals surface area contributed by atoms with Gasteiger partial charge in [-0.3, -0.25) is 0 Å². The van der Waals surface area contributed by atoms with Crippen LogP contribution in [0.1, 0.15) is 23.6 Å². The van der Waals surface area contributed by atoms with E-state index in [4.69, 9.17) is 4.74 Å². The zero-order valence-electron chi connectivity index (χ0n) is 8.92. The molecule has 2 nitrogen and oxygen atoms in total. The first kappa shape index (κ1) is 11.1. The normalized spacial score (nSPS) is 19.2. The highest BCUT2D eigenvalue weighted by atomic mass is 79.9. The summed E-state index contributed by atoms with van der Waals surface area (Å²) in [6.07, 6.45) is 2.36. The van der Waals surface area contributed by atoms with Gasteiger partial charge < -0.3 is 10.1 Å². The molecule has 0 aliphatic heterocycles. The van der Waals surface area contributed by atoms with E-state index >= 15 is 0 Å². The number of hydrogen-bond acceptors (Lipinski definition) is 2. The van der Waals surface area contributed by atoms with Crippen molar-refractivity contribution in [1.82, 2.24) is 5.32 Å². The molecule has 1 N–H and O–H groups in total. The van der Waals surface area contributed by atoms with Crippen LogP contribution in [0, 0.1) is 0 Å². The van der Waals surface area contributed by atoms with Crippen LogP contribution >= 0.6 is 15.9 Å². The van der Waals surface area contributed by atoms with Gasteiger partial charge in [0.25, 0.3) is 0 Å². The topological polar surface area (TPSA) is 21.3 Å². The van der Waals surface area contributed by atoms with Crippen molar-refractivity contribution in [3.8, 4) is 0 Å². The zero-order valence-corrected chi connectivity index (χ0v) is 10.5. The Hall–Kier alpha value is -0.380. The van der Waals surface area contributed by atoms with E-state index in [1.54, 1.807) is 7.11 Å². The Morgan fingerprint density at radius 2 is 2.40 bits per heavy atom. The van der Waals surface area contributed by atoms with Gasteiger partial charge in [0.1, 0.15) is 0 Å². The minimum atomic E-state index is 0.507. The number of benzene rings is 1. The van der Waals surface area contributed by atoms with E-state index < -0.39 is 0 Å². The molecule has 15 heavy (non-hydrogen) atoms. The Morgan fingerprint density at radius 3 is 3.20 bits per heavy atom. The van der Waals surface area contributed by atoms with Crippen LogP contribution in [0.4, 0.5) is 0 Å². The summed E-state index contributed by atoms with van der Waals surface area (Å²) >= 11 is 3.60. The van der Waals surface area contributed by atoms with E-state index in [-0.39, 0.29) is 0 Å². The van der Waals surface area contributed by atoms with Gasteiger partial charge in [0.2, 0.25) is 0 Å². The van der Waals surface area contributed by atoms with Crippen molar-refractivity contribution in [1.29, 1.82) is 0 Å². The van der Waals surface area contributed by atoms with Gasteiger partial charge in [-0.25, -0.2) is 0 Å². The number of ether oxygens (including phenoxy) is 1. The highest BCUT2D eigenvalue weighted by molar-refractivity contribution is 9.10. The van der Waals surface area contributed by atoms with Crippen molar-refractivity contribution in [2.45, 2.75) is 18.9 Å². The van der Waals surface area contributed by atoms with Crippen LogP contribution in [0.2, 0.25) is 0 Å². The Bertz CT molecular complexity index is 340. The number of rotatable bonds is 4. The van der Waals surface area contributed by atoms with Gasteiger partial charge in [-0.15, -0.1) is 0 Å². The van der Waals surface area contributed by atoms with Gasteiger partial charge in [0.15, 0.2) is 0 Å². The van der Waals surface area contributed by atoms with Gasteiger partial charge in [0.05, 0.1) is 6.61 Å². The van der Waals surface area contributed by atoms with Crippen molar-refractivity contribution in [3.63, 3.8) is 0 Å². The monoisotopic (exact) mass is 269 g/mol. The second kappa shape index (κ2) is 5.10. The second-order valence-corrected chi connectivity index (χ2v) is 4.70. The molecule has 3 heteroatoms. The largest absolute Gasteiger partial charge is 0.383 e. The molecule has 0 bridgehead atoms. The van der Waals surface area contributed by atoms with Crippen LogP contribution in [0.25, 0.3) is 0 Å². The molecule has 1 aromatic rings. The molecule has 1 atom stereocenters. The van der Waals surface area contributed by atoms with Crippen molar-refractivity contribution >= 4 is 15.9 Å². The summed E-state index contributed by atoms with van der Waals surface area (Å²) in [6, 6.07) is 6.96. The average molecular weight is 270 g/mol. The molecule has 0 saturated heterocycles. The molecule has 0 spiro atoms. The third kappa shape index (κ3) is 2.41. The molecule has 1 unspecified atom stereocenters. The number of nitrogens with one attached hydrogen (secondary N) is 1. The maximum atomic E-state index is 5.04. The zero-order chi connectivity index (χ0) is 10.7. The first-order valence-corrected chi connectivity index (χ1v) is 6.12. The summed E-state index contributed by atoms with van der Waals surface area (Å²) in [5.74, 6) is 0.